The maximum absolute atomic E-state index is 5.06. The normalized spacial score (nSPS) is 13.3. The van der Waals surface area contributed by atoms with Gasteiger partial charge in [0, 0.05) is 13.0 Å². The monoisotopic (exact) mass is 205 g/mol. The molecular formula is C11H15N3O. The number of aromatic nitrogens is 2. The van der Waals surface area contributed by atoms with Crippen LogP contribution in [0, 0.1) is 0 Å². The molecule has 0 radical (unpaired) electrons. The summed E-state index contributed by atoms with van der Waals surface area (Å²) in [7, 11) is 1.99. The van der Waals surface area contributed by atoms with E-state index in [0.29, 0.717) is 12.5 Å². The molecule has 4 heteroatoms. The van der Waals surface area contributed by atoms with Gasteiger partial charge >= 0.3 is 0 Å². The van der Waals surface area contributed by atoms with Crippen LogP contribution in [0.15, 0.2) is 24.5 Å². The zero-order chi connectivity index (χ0) is 10.8. The Morgan fingerprint density at radius 2 is 2.33 bits per heavy atom. The minimum Gasteiger partial charge on any atom is -0.334 e. The molecule has 80 valence electrons. The number of aryl methyl sites for hydroxylation is 1. The van der Waals surface area contributed by atoms with E-state index in [0.717, 1.165) is 11.0 Å². The SMILES string of the molecule is CC(CON)c1ccc2c(c1)ncn2C. The van der Waals surface area contributed by atoms with Crippen LogP contribution >= 0.6 is 0 Å². The summed E-state index contributed by atoms with van der Waals surface area (Å²) in [6.07, 6.45) is 1.82. The highest BCUT2D eigenvalue weighted by molar-refractivity contribution is 5.76. The van der Waals surface area contributed by atoms with Crippen molar-refractivity contribution in [1.29, 1.82) is 0 Å². The van der Waals surface area contributed by atoms with Crippen molar-refractivity contribution in [1.82, 2.24) is 9.55 Å². The summed E-state index contributed by atoms with van der Waals surface area (Å²) < 4.78 is 2.00. The number of rotatable bonds is 3. The summed E-state index contributed by atoms with van der Waals surface area (Å²) in [5, 5.41) is 0. The van der Waals surface area contributed by atoms with Crippen LogP contribution < -0.4 is 5.90 Å². The van der Waals surface area contributed by atoms with Gasteiger partial charge in [-0.05, 0) is 17.7 Å². The largest absolute Gasteiger partial charge is 0.334 e. The fraction of sp³-hybridized carbons (Fsp3) is 0.364. The number of fused-ring (bicyclic) bond motifs is 1. The molecule has 0 saturated carbocycles. The van der Waals surface area contributed by atoms with Gasteiger partial charge in [0.05, 0.1) is 24.0 Å². The Balaban J connectivity index is 2.38. The lowest BCUT2D eigenvalue weighted by molar-refractivity contribution is 0.126. The van der Waals surface area contributed by atoms with E-state index < -0.39 is 0 Å². The second-order valence-corrected chi connectivity index (χ2v) is 3.84. The molecule has 2 N–H and O–H groups in total. The van der Waals surface area contributed by atoms with Gasteiger partial charge in [-0.15, -0.1) is 0 Å². The average molecular weight is 205 g/mol. The number of nitrogens with zero attached hydrogens (tertiary/aromatic N) is 2. The molecule has 0 bridgehead atoms. The van der Waals surface area contributed by atoms with Crippen molar-refractivity contribution < 1.29 is 4.84 Å². The third kappa shape index (κ3) is 1.86. The van der Waals surface area contributed by atoms with Gasteiger partial charge in [0.25, 0.3) is 0 Å². The summed E-state index contributed by atoms with van der Waals surface area (Å²) in [5.41, 5.74) is 3.35. The van der Waals surface area contributed by atoms with Gasteiger partial charge in [0.15, 0.2) is 0 Å². The molecular weight excluding hydrogens is 190 g/mol. The molecule has 0 aliphatic carbocycles. The quantitative estimate of drug-likeness (QED) is 0.774. The summed E-state index contributed by atoms with van der Waals surface area (Å²) in [4.78, 5) is 8.96. The lowest BCUT2D eigenvalue weighted by atomic mass is 10.0. The Labute approximate surface area is 88.6 Å². The molecule has 0 saturated heterocycles. The lowest BCUT2D eigenvalue weighted by Gasteiger charge is -2.09. The maximum atomic E-state index is 5.06. The van der Waals surface area contributed by atoms with Crippen molar-refractivity contribution in [2.45, 2.75) is 12.8 Å². The molecule has 0 amide bonds. The van der Waals surface area contributed by atoms with E-state index in [2.05, 4.69) is 34.9 Å². The standard InChI is InChI=1S/C11H15N3O/c1-8(6-15-12)9-3-4-11-10(5-9)13-7-14(11)2/h3-5,7-8H,6,12H2,1-2H3. The van der Waals surface area contributed by atoms with E-state index in [1.165, 1.54) is 5.56 Å². The van der Waals surface area contributed by atoms with E-state index in [4.69, 9.17) is 5.90 Å². The van der Waals surface area contributed by atoms with Crippen molar-refractivity contribution in [2.75, 3.05) is 6.61 Å². The van der Waals surface area contributed by atoms with Gasteiger partial charge in [0.1, 0.15) is 0 Å². The smallest absolute Gasteiger partial charge is 0.0955 e. The molecule has 0 aliphatic rings. The van der Waals surface area contributed by atoms with Crippen molar-refractivity contribution in [2.24, 2.45) is 12.9 Å². The molecule has 0 fully saturated rings. The Morgan fingerprint density at radius 3 is 3.07 bits per heavy atom. The van der Waals surface area contributed by atoms with Crippen LogP contribution in [0.4, 0.5) is 0 Å². The lowest BCUT2D eigenvalue weighted by Crippen LogP contribution is -2.08. The summed E-state index contributed by atoms with van der Waals surface area (Å²) in [6, 6.07) is 6.25. The molecule has 2 rings (SSSR count). The molecule has 1 heterocycles. The minimum absolute atomic E-state index is 0.293. The number of hydrogen-bond acceptors (Lipinski definition) is 3. The molecule has 15 heavy (non-hydrogen) atoms. The van der Waals surface area contributed by atoms with Crippen LogP contribution in [-0.2, 0) is 11.9 Å². The number of benzene rings is 1. The van der Waals surface area contributed by atoms with E-state index in [1.54, 1.807) is 0 Å². The fourth-order valence-electron chi connectivity index (χ4n) is 1.70. The predicted octanol–water partition coefficient (Wildman–Crippen LogP) is 1.57. The van der Waals surface area contributed by atoms with Gasteiger partial charge in [0.2, 0.25) is 0 Å². The van der Waals surface area contributed by atoms with Crippen LogP contribution in [-0.4, -0.2) is 16.2 Å². The third-order valence-corrected chi connectivity index (χ3v) is 2.66. The van der Waals surface area contributed by atoms with Gasteiger partial charge in [-0.1, -0.05) is 13.0 Å². The highest BCUT2D eigenvalue weighted by atomic mass is 16.6. The average Bonchev–Trinajstić information content (AvgIpc) is 2.60. The van der Waals surface area contributed by atoms with Crippen LogP contribution in [0.2, 0.25) is 0 Å². The first kappa shape index (κ1) is 10.1. The summed E-state index contributed by atoms with van der Waals surface area (Å²) in [6.45, 7) is 2.61. The Hall–Kier alpha value is -1.39. The van der Waals surface area contributed by atoms with E-state index in [-0.39, 0.29) is 0 Å². The maximum Gasteiger partial charge on any atom is 0.0955 e. The fourth-order valence-corrected chi connectivity index (χ4v) is 1.70. The third-order valence-electron chi connectivity index (χ3n) is 2.66. The Morgan fingerprint density at radius 1 is 1.53 bits per heavy atom. The molecule has 4 nitrogen and oxygen atoms in total. The van der Waals surface area contributed by atoms with E-state index in [1.807, 2.05) is 17.9 Å². The van der Waals surface area contributed by atoms with Crippen LogP contribution in [0.1, 0.15) is 18.4 Å². The van der Waals surface area contributed by atoms with E-state index in [9.17, 15) is 0 Å². The zero-order valence-corrected chi connectivity index (χ0v) is 8.97. The van der Waals surface area contributed by atoms with Crippen LogP contribution in [0.25, 0.3) is 11.0 Å². The Kier molecular flexibility index (Phi) is 2.70. The number of nitrogens with two attached hydrogens (primary N) is 1. The Bertz CT molecular complexity index is 464. The van der Waals surface area contributed by atoms with Gasteiger partial charge in [-0.25, -0.2) is 10.9 Å². The van der Waals surface area contributed by atoms with Crippen molar-refractivity contribution in [3.8, 4) is 0 Å². The van der Waals surface area contributed by atoms with Crippen molar-refractivity contribution >= 4 is 11.0 Å². The van der Waals surface area contributed by atoms with Crippen molar-refractivity contribution in [3.05, 3.63) is 30.1 Å². The van der Waals surface area contributed by atoms with Gasteiger partial charge in [-0.2, -0.15) is 0 Å². The molecule has 0 spiro atoms. The van der Waals surface area contributed by atoms with Crippen LogP contribution in [0.5, 0.6) is 0 Å². The molecule has 1 aromatic carbocycles. The van der Waals surface area contributed by atoms with Crippen LogP contribution in [0.3, 0.4) is 0 Å². The second kappa shape index (κ2) is 4.00. The zero-order valence-electron chi connectivity index (χ0n) is 8.97. The first-order chi connectivity index (χ1) is 7.22. The molecule has 1 aromatic heterocycles. The van der Waals surface area contributed by atoms with E-state index >= 15 is 0 Å². The summed E-state index contributed by atoms with van der Waals surface area (Å²) in [5.74, 6) is 5.36. The number of hydrogen-bond donors (Lipinski definition) is 1. The molecule has 1 atom stereocenters. The summed E-state index contributed by atoms with van der Waals surface area (Å²) >= 11 is 0. The molecule has 2 aromatic rings. The van der Waals surface area contributed by atoms with Crippen molar-refractivity contribution in [3.63, 3.8) is 0 Å². The highest BCUT2D eigenvalue weighted by Gasteiger charge is 2.07. The first-order valence-electron chi connectivity index (χ1n) is 4.95. The van der Waals surface area contributed by atoms with Gasteiger partial charge in [-0.3, -0.25) is 0 Å². The molecule has 0 aliphatic heterocycles. The number of imidazole rings is 1. The highest BCUT2D eigenvalue weighted by Crippen LogP contribution is 2.20. The van der Waals surface area contributed by atoms with Gasteiger partial charge < -0.3 is 9.40 Å². The molecule has 1 unspecified atom stereocenters. The predicted molar refractivity (Wildman–Crippen MR) is 59.3 cm³/mol. The topological polar surface area (TPSA) is 53.1 Å². The minimum atomic E-state index is 0.293. The second-order valence-electron chi connectivity index (χ2n) is 3.84. The first-order valence-corrected chi connectivity index (χ1v) is 4.95.